The van der Waals surface area contributed by atoms with Crippen LogP contribution >= 0.6 is 0 Å². The van der Waals surface area contributed by atoms with E-state index in [0.717, 1.165) is 35.9 Å². The fraction of sp³-hybridized carbons (Fsp3) is 0.385. The molecule has 1 atom stereocenters. The van der Waals surface area contributed by atoms with Crippen molar-refractivity contribution in [2.45, 2.75) is 59.0 Å². The Kier molecular flexibility index (Phi) is 8.55. The molecule has 4 heteroatoms. The minimum Gasteiger partial charge on any atom is -0.478 e. The van der Waals surface area contributed by atoms with Crippen LogP contribution in [0.5, 0.6) is 0 Å². The summed E-state index contributed by atoms with van der Waals surface area (Å²) >= 11 is 0. The molecule has 2 aromatic rings. The summed E-state index contributed by atoms with van der Waals surface area (Å²) in [4.78, 5) is 25.4. The van der Waals surface area contributed by atoms with E-state index in [1.54, 1.807) is 19.1 Å². The molecule has 160 valence electrons. The van der Waals surface area contributed by atoms with E-state index >= 15 is 0 Å². The summed E-state index contributed by atoms with van der Waals surface area (Å²) in [5.41, 5.74) is 3.86. The van der Waals surface area contributed by atoms with Gasteiger partial charge in [0.25, 0.3) is 0 Å². The summed E-state index contributed by atoms with van der Waals surface area (Å²) in [5, 5.41) is 9.36. The highest BCUT2D eigenvalue weighted by molar-refractivity contribution is 5.92. The van der Waals surface area contributed by atoms with E-state index in [9.17, 15) is 14.7 Å². The molecule has 0 aliphatic rings. The highest BCUT2D eigenvalue weighted by atomic mass is 16.4. The summed E-state index contributed by atoms with van der Waals surface area (Å²) in [6.45, 7) is 11.3. The van der Waals surface area contributed by atoms with Crippen molar-refractivity contribution in [2.24, 2.45) is 0 Å². The topological polar surface area (TPSA) is 57.6 Å². The second-order valence-electron chi connectivity index (χ2n) is 8.32. The van der Waals surface area contributed by atoms with Gasteiger partial charge in [0.15, 0.2) is 0 Å². The quantitative estimate of drug-likeness (QED) is 0.410. The fourth-order valence-electron chi connectivity index (χ4n) is 3.97. The Hall–Kier alpha value is -2.72. The van der Waals surface area contributed by atoms with Gasteiger partial charge in [-0.2, -0.15) is 0 Å². The molecule has 0 unspecified atom stereocenters. The van der Waals surface area contributed by atoms with Gasteiger partial charge in [0, 0.05) is 29.1 Å². The number of hydrogen-bond acceptors (Lipinski definition) is 3. The van der Waals surface area contributed by atoms with Crippen LogP contribution in [0.2, 0.25) is 0 Å². The monoisotopic (exact) mass is 407 g/mol. The summed E-state index contributed by atoms with van der Waals surface area (Å²) in [6.07, 6.45) is 3.41. The molecule has 0 amide bonds. The Balaban J connectivity index is 2.56. The molecule has 0 aliphatic heterocycles. The first-order valence-corrected chi connectivity index (χ1v) is 10.6. The van der Waals surface area contributed by atoms with E-state index in [-0.39, 0.29) is 11.5 Å². The molecule has 0 spiro atoms. The van der Waals surface area contributed by atoms with Crippen LogP contribution in [0.4, 0.5) is 0 Å². The maximum atomic E-state index is 11.5. The second-order valence-corrected chi connectivity index (χ2v) is 8.32. The number of aliphatic carboxylic acids is 1. The minimum atomic E-state index is -0.942. The van der Waals surface area contributed by atoms with Crippen molar-refractivity contribution in [1.82, 2.24) is 4.90 Å². The predicted molar refractivity (Wildman–Crippen MR) is 123 cm³/mol. The normalized spacial score (nSPS) is 13.1. The third-order valence-electron chi connectivity index (χ3n) is 5.54. The first kappa shape index (κ1) is 23.6. The molecular weight excluding hydrogens is 374 g/mol. The Bertz CT molecular complexity index is 876. The molecule has 0 saturated heterocycles. The molecule has 2 rings (SSSR count). The summed E-state index contributed by atoms with van der Waals surface area (Å²) < 4.78 is 0. The molecule has 0 radical (unpaired) electrons. The van der Waals surface area contributed by atoms with Crippen LogP contribution in [-0.2, 0) is 4.79 Å². The summed E-state index contributed by atoms with van der Waals surface area (Å²) in [5.74, 6) is -0.888. The van der Waals surface area contributed by atoms with Crippen LogP contribution < -0.4 is 0 Å². The molecule has 0 heterocycles. The van der Waals surface area contributed by atoms with E-state index in [2.05, 4.69) is 44.7 Å². The Morgan fingerprint density at radius 3 is 2.20 bits per heavy atom. The highest BCUT2D eigenvalue weighted by Gasteiger charge is 2.21. The van der Waals surface area contributed by atoms with Crippen LogP contribution in [0.25, 0.3) is 6.08 Å². The van der Waals surface area contributed by atoms with Gasteiger partial charge in [-0.15, -0.1) is 0 Å². The molecular formula is C26H33NO3. The van der Waals surface area contributed by atoms with Crippen molar-refractivity contribution < 1.29 is 14.7 Å². The highest BCUT2D eigenvalue weighted by Crippen LogP contribution is 2.33. The average Bonchev–Trinajstić information content (AvgIpc) is 2.71. The standard InChI is InChI=1S/C26H33NO3/c1-18(2)27(19(3)4)14-13-24(22-9-7-6-8-10-22)25-16-21(17-28)11-12-23(25)15-20(5)26(29)30/h6-12,15-19,24H,13-14H2,1-5H3,(H,29,30)/b20-15+/t24-/m1/s1. The van der Waals surface area contributed by atoms with Gasteiger partial charge in [-0.25, -0.2) is 4.79 Å². The number of rotatable bonds is 10. The smallest absolute Gasteiger partial charge is 0.331 e. The Labute approximate surface area is 180 Å². The van der Waals surface area contributed by atoms with E-state index in [4.69, 9.17) is 0 Å². The third kappa shape index (κ3) is 6.14. The van der Waals surface area contributed by atoms with Crippen LogP contribution in [-0.4, -0.2) is 40.9 Å². The van der Waals surface area contributed by atoms with Crippen molar-refractivity contribution in [3.63, 3.8) is 0 Å². The number of hydrogen-bond donors (Lipinski definition) is 1. The lowest BCUT2D eigenvalue weighted by Gasteiger charge is -2.32. The summed E-state index contributed by atoms with van der Waals surface area (Å²) in [6, 6.07) is 16.6. The van der Waals surface area contributed by atoms with Gasteiger partial charge >= 0.3 is 5.97 Å². The van der Waals surface area contributed by atoms with Crippen molar-refractivity contribution in [3.8, 4) is 0 Å². The largest absolute Gasteiger partial charge is 0.478 e. The zero-order valence-corrected chi connectivity index (χ0v) is 18.6. The van der Waals surface area contributed by atoms with E-state index < -0.39 is 5.97 Å². The fourth-order valence-corrected chi connectivity index (χ4v) is 3.97. The lowest BCUT2D eigenvalue weighted by atomic mass is 9.84. The van der Waals surface area contributed by atoms with Crippen molar-refractivity contribution >= 4 is 18.3 Å². The molecule has 4 nitrogen and oxygen atoms in total. The lowest BCUT2D eigenvalue weighted by Crippen LogP contribution is -2.38. The maximum absolute atomic E-state index is 11.5. The number of benzene rings is 2. The number of nitrogens with zero attached hydrogens (tertiary/aromatic N) is 1. The number of aldehydes is 1. The van der Waals surface area contributed by atoms with Gasteiger partial charge in [0.05, 0.1) is 0 Å². The van der Waals surface area contributed by atoms with E-state index in [1.165, 1.54) is 0 Å². The Morgan fingerprint density at radius 2 is 1.67 bits per heavy atom. The first-order valence-electron chi connectivity index (χ1n) is 10.6. The number of carboxylic acids is 1. The molecule has 2 aromatic carbocycles. The summed E-state index contributed by atoms with van der Waals surface area (Å²) in [7, 11) is 0. The SMILES string of the molecule is C/C(=C\c1ccc(C=O)cc1[C@H](CCN(C(C)C)C(C)C)c1ccccc1)C(=O)O. The number of carboxylic acid groups (broad SMARTS) is 1. The Morgan fingerprint density at radius 1 is 1.03 bits per heavy atom. The van der Waals surface area contributed by atoms with Crippen LogP contribution in [0.1, 0.15) is 74.0 Å². The van der Waals surface area contributed by atoms with Crippen LogP contribution in [0, 0.1) is 0 Å². The molecule has 1 N–H and O–H groups in total. The third-order valence-corrected chi connectivity index (χ3v) is 5.54. The average molecular weight is 408 g/mol. The molecule has 0 bridgehead atoms. The molecule has 0 fully saturated rings. The molecule has 0 aliphatic carbocycles. The first-order chi connectivity index (χ1) is 14.2. The number of carbonyl (C=O) groups excluding carboxylic acids is 1. The van der Waals surface area contributed by atoms with Crippen molar-refractivity contribution in [1.29, 1.82) is 0 Å². The van der Waals surface area contributed by atoms with Crippen LogP contribution in [0.3, 0.4) is 0 Å². The van der Waals surface area contributed by atoms with Gasteiger partial charge < -0.3 is 5.11 Å². The second kappa shape index (κ2) is 10.9. The van der Waals surface area contributed by atoms with E-state index in [0.29, 0.717) is 17.6 Å². The van der Waals surface area contributed by atoms with Gasteiger partial charge in [-0.05, 0) is 76.4 Å². The van der Waals surface area contributed by atoms with E-state index in [1.807, 2.05) is 30.3 Å². The van der Waals surface area contributed by atoms with Crippen molar-refractivity contribution in [2.75, 3.05) is 6.54 Å². The lowest BCUT2D eigenvalue weighted by molar-refractivity contribution is -0.132. The minimum absolute atomic E-state index is 0.0546. The van der Waals surface area contributed by atoms with Gasteiger partial charge in [-0.1, -0.05) is 42.5 Å². The van der Waals surface area contributed by atoms with Crippen molar-refractivity contribution in [3.05, 3.63) is 76.4 Å². The van der Waals surface area contributed by atoms with Gasteiger partial charge in [-0.3, -0.25) is 9.69 Å². The van der Waals surface area contributed by atoms with Gasteiger partial charge in [0.2, 0.25) is 0 Å². The molecule has 0 saturated carbocycles. The predicted octanol–water partition coefficient (Wildman–Crippen LogP) is 5.63. The van der Waals surface area contributed by atoms with Crippen LogP contribution in [0.15, 0.2) is 54.1 Å². The molecule has 0 aromatic heterocycles. The maximum Gasteiger partial charge on any atom is 0.331 e. The van der Waals surface area contributed by atoms with Gasteiger partial charge in [0.1, 0.15) is 6.29 Å². The number of carbonyl (C=O) groups is 2. The zero-order chi connectivity index (χ0) is 22.3. The zero-order valence-electron chi connectivity index (χ0n) is 18.6. The molecule has 30 heavy (non-hydrogen) atoms.